The van der Waals surface area contributed by atoms with Crippen molar-refractivity contribution in [2.45, 2.75) is 4.90 Å². The fourth-order valence-corrected chi connectivity index (χ4v) is 3.75. The summed E-state index contributed by atoms with van der Waals surface area (Å²) in [5.74, 6) is -0.696. The maximum absolute atomic E-state index is 14.1. The number of hydrogen-bond donors (Lipinski definition) is 1. The maximum atomic E-state index is 14.1. The van der Waals surface area contributed by atoms with Gasteiger partial charge < -0.3 is 5.11 Å². The Balaban J connectivity index is 2.24. The lowest BCUT2D eigenvalue weighted by Crippen LogP contribution is -2.13. The van der Waals surface area contributed by atoms with Gasteiger partial charge in [-0.05, 0) is 42.8 Å². The number of aromatic nitrogens is 1. The first-order valence-corrected chi connectivity index (χ1v) is 8.17. The second-order valence-electron chi connectivity index (χ2n) is 5.01. The van der Waals surface area contributed by atoms with E-state index in [0.29, 0.717) is 5.56 Å². The molecule has 3 rings (SSSR count). The van der Waals surface area contributed by atoms with Crippen molar-refractivity contribution in [3.05, 3.63) is 79.1 Å². The third kappa shape index (κ3) is 2.73. The molecular weight excluding hydrogens is 317 g/mol. The maximum Gasteiger partial charge on any atom is 0.268 e. The lowest BCUT2D eigenvalue weighted by molar-refractivity contribution is 0.473. The molecule has 1 aromatic heterocycles. The van der Waals surface area contributed by atoms with Crippen LogP contribution in [0, 0.1) is 12.7 Å². The first-order valence-electron chi connectivity index (χ1n) is 6.73. The zero-order valence-electron chi connectivity index (χ0n) is 12.0. The molecule has 0 aliphatic rings. The zero-order chi connectivity index (χ0) is 16.6. The Hall–Kier alpha value is -2.60. The van der Waals surface area contributed by atoms with Crippen molar-refractivity contribution < 1.29 is 17.9 Å². The van der Waals surface area contributed by atoms with Gasteiger partial charge in [-0.3, -0.25) is 0 Å². The molecule has 3 aromatic rings. The van der Waals surface area contributed by atoms with Gasteiger partial charge in [-0.15, -0.1) is 0 Å². The smallest absolute Gasteiger partial charge is 0.268 e. The Morgan fingerprint density at radius 3 is 2.48 bits per heavy atom. The van der Waals surface area contributed by atoms with Gasteiger partial charge in [0, 0.05) is 17.8 Å². The van der Waals surface area contributed by atoms with Gasteiger partial charge in [-0.2, -0.15) is 0 Å². The highest BCUT2D eigenvalue weighted by Gasteiger charge is 2.22. The van der Waals surface area contributed by atoms with Crippen LogP contribution in [-0.2, 0) is 10.0 Å². The van der Waals surface area contributed by atoms with Crippen LogP contribution in [-0.4, -0.2) is 17.5 Å². The predicted octanol–water partition coefficient (Wildman–Crippen LogP) is 3.42. The number of aromatic hydroxyl groups is 1. The molecule has 0 saturated carbocycles. The summed E-state index contributed by atoms with van der Waals surface area (Å²) in [5, 5.41) is 9.51. The van der Waals surface area contributed by atoms with Crippen LogP contribution in [0.3, 0.4) is 0 Å². The van der Waals surface area contributed by atoms with E-state index in [1.165, 1.54) is 48.7 Å². The molecule has 0 saturated heterocycles. The molecule has 117 valence electrons. The molecule has 4 nitrogen and oxygen atoms in total. The quantitative estimate of drug-likeness (QED) is 0.800. The summed E-state index contributed by atoms with van der Waals surface area (Å²) in [6, 6.07) is 12.7. The molecule has 1 radical (unpaired) electrons. The van der Waals surface area contributed by atoms with Crippen LogP contribution >= 0.6 is 0 Å². The largest absolute Gasteiger partial charge is 0.508 e. The van der Waals surface area contributed by atoms with E-state index >= 15 is 0 Å². The van der Waals surface area contributed by atoms with Gasteiger partial charge >= 0.3 is 0 Å². The third-order valence-electron chi connectivity index (χ3n) is 3.37. The van der Waals surface area contributed by atoms with Crippen LogP contribution < -0.4 is 0 Å². The van der Waals surface area contributed by atoms with Crippen LogP contribution in [0.2, 0.25) is 0 Å². The molecule has 0 amide bonds. The average molecular weight is 330 g/mol. The summed E-state index contributed by atoms with van der Waals surface area (Å²) in [6.07, 6.45) is 1.32. The van der Waals surface area contributed by atoms with Gasteiger partial charge in [0.2, 0.25) is 0 Å². The van der Waals surface area contributed by atoms with E-state index in [2.05, 4.69) is 6.92 Å². The zero-order valence-corrected chi connectivity index (χ0v) is 12.8. The third-order valence-corrected chi connectivity index (χ3v) is 5.04. The van der Waals surface area contributed by atoms with E-state index < -0.39 is 15.8 Å². The van der Waals surface area contributed by atoms with Crippen molar-refractivity contribution in [3.63, 3.8) is 0 Å². The first kappa shape index (κ1) is 15.3. The van der Waals surface area contributed by atoms with Gasteiger partial charge in [-0.25, -0.2) is 16.8 Å². The van der Waals surface area contributed by atoms with Crippen molar-refractivity contribution in [1.82, 2.24) is 3.97 Å². The summed E-state index contributed by atoms with van der Waals surface area (Å²) in [4.78, 5) is -0.0920. The molecule has 0 bridgehead atoms. The molecule has 0 aliphatic heterocycles. The second kappa shape index (κ2) is 5.55. The molecule has 1 heterocycles. The van der Waals surface area contributed by atoms with E-state index in [0.717, 1.165) is 10.0 Å². The summed E-state index contributed by atoms with van der Waals surface area (Å²) in [6.45, 7) is 3.72. The van der Waals surface area contributed by atoms with E-state index in [9.17, 15) is 17.9 Å². The molecule has 6 heteroatoms. The Labute approximate surface area is 133 Å². The highest BCUT2D eigenvalue weighted by atomic mass is 32.2. The Morgan fingerprint density at radius 2 is 1.78 bits per heavy atom. The molecule has 0 aliphatic carbocycles. The minimum atomic E-state index is -3.99. The van der Waals surface area contributed by atoms with Gasteiger partial charge in [0.1, 0.15) is 11.6 Å². The normalized spacial score (nSPS) is 11.6. The average Bonchev–Trinajstić information content (AvgIpc) is 2.90. The topological polar surface area (TPSA) is 59.3 Å². The molecule has 0 spiro atoms. The van der Waals surface area contributed by atoms with Crippen molar-refractivity contribution in [2.24, 2.45) is 0 Å². The summed E-state index contributed by atoms with van der Waals surface area (Å²) in [7, 11) is -3.99. The van der Waals surface area contributed by atoms with E-state index in [1.54, 1.807) is 6.07 Å². The number of halogens is 1. The van der Waals surface area contributed by atoms with Crippen molar-refractivity contribution in [3.8, 4) is 17.0 Å². The minimum absolute atomic E-state index is 0.0920. The number of phenols is 1. The molecule has 23 heavy (non-hydrogen) atoms. The molecule has 0 atom stereocenters. The number of nitrogens with zero attached hydrogens (tertiary/aromatic N) is 1. The summed E-state index contributed by atoms with van der Waals surface area (Å²) in [5.41, 5.74) is 0.773. The molecule has 0 unspecified atom stereocenters. The van der Waals surface area contributed by atoms with Crippen LogP contribution in [0.1, 0.15) is 5.56 Å². The summed E-state index contributed by atoms with van der Waals surface area (Å²) < 4.78 is 40.6. The second-order valence-corrected chi connectivity index (χ2v) is 6.83. The number of phenolic OH excluding ortho intramolecular Hbond substituents is 1. The monoisotopic (exact) mass is 330 g/mol. The highest BCUT2D eigenvalue weighted by molar-refractivity contribution is 7.90. The number of benzene rings is 2. The summed E-state index contributed by atoms with van der Waals surface area (Å²) >= 11 is 0. The van der Waals surface area contributed by atoms with Crippen LogP contribution in [0.25, 0.3) is 11.3 Å². The van der Waals surface area contributed by atoms with Crippen molar-refractivity contribution in [1.29, 1.82) is 0 Å². The number of rotatable bonds is 3. The van der Waals surface area contributed by atoms with Crippen LogP contribution in [0.5, 0.6) is 5.75 Å². The highest BCUT2D eigenvalue weighted by Crippen LogP contribution is 2.29. The van der Waals surface area contributed by atoms with Gasteiger partial charge in [0.15, 0.2) is 0 Å². The van der Waals surface area contributed by atoms with Crippen LogP contribution in [0.4, 0.5) is 4.39 Å². The van der Waals surface area contributed by atoms with E-state index in [4.69, 9.17) is 0 Å². The van der Waals surface area contributed by atoms with Gasteiger partial charge in [0.05, 0.1) is 10.6 Å². The minimum Gasteiger partial charge on any atom is -0.508 e. The Kier molecular flexibility index (Phi) is 3.69. The SMILES string of the molecule is [CH2]c1cc(-c2ccccc2F)n(S(=O)(=O)c2cccc(O)c2)c1. The molecule has 1 N–H and O–H groups in total. The molecule has 0 fully saturated rings. The van der Waals surface area contributed by atoms with Crippen molar-refractivity contribution in [2.75, 3.05) is 0 Å². The Morgan fingerprint density at radius 1 is 1.04 bits per heavy atom. The lowest BCUT2D eigenvalue weighted by Gasteiger charge is -2.11. The van der Waals surface area contributed by atoms with Crippen LogP contribution in [0.15, 0.2) is 65.7 Å². The van der Waals surface area contributed by atoms with Crippen molar-refractivity contribution >= 4 is 10.0 Å². The fraction of sp³-hybridized carbons (Fsp3) is 0. The fourth-order valence-electron chi connectivity index (χ4n) is 2.32. The van der Waals surface area contributed by atoms with Gasteiger partial charge in [-0.1, -0.05) is 18.2 Å². The predicted molar refractivity (Wildman–Crippen MR) is 85.0 cm³/mol. The lowest BCUT2D eigenvalue weighted by atomic mass is 10.1. The van der Waals surface area contributed by atoms with Gasteiger partial charge in [0.25, 0.3) is 10.0 Å². The Bertz CT molecular complexity index is 977. The number of hydrogen-bond acceptors (Lipinski definition) is 3. The molecular formula is C17H13FNO3S. The van der Waals surface area contributed by atoms with E-state index in [-0.39, 0.29) is 21.9 Å². The van der Waals surface area contributed by atoms with E-state index in [1.807, 2.05) is 0 Å². The standard InChI is InChI=1S/C17H13FNO3S/c1-12-9-17(15-7-2-3-8-16(15)18)19(11-12)23(21,22)14-6-4-5-13(20)10-14/h2-11,20H,1H2. The first-order chi connectivity index (χ1) is 10.9. The molecule has 2 aromatic carbocycles.